The van der Waals surface area contributed by atoms with Gasteiger partial charge in [-0.15, -0.1) is 0 Å². The lowest BCUT2D eigenvalue weighted by atomic mass is 9.74. The molecule has 0 aliphatic carbocycles. The Balaban J connectivity index is 2.19. The van der Waals surface area contributed by atoms with Crippen LogP contribution in [-0.4, -0.2) is 148 Å². The highest BCUT2D eigenvalue weighted by molar-refractivity contribution is 5.83. The molecule has 1 unspecified atom stereocenters. The lowest BCUT2D eigenvalue weighted by Crippen LogP contribution is -2.61. The van der Waals surface area contributed by atoms with Gasteiger partial charge in [0.1, 0.15) is 23.6 Å². The summed E-state index contributed by atoms with van der Waals surface area (Å²) < 4.78 is 36.9. The Hall–Kier alpha value is -1.56. The van der Waals surface area contributed by atoms with Gasteiger partial charge in [0.2, 0.25) is 0 Å². The molecule has 51 heavy (non-hydrogen) atoms. The predicted molar refractivity (Wildman–Crippen MR) is 186 cm³/mol. The first-order valence-electron chi connectivity index (χ1n) is 18.1. The number of carbonyl (C=O) groups excluding carboxylic acids is 2. The molecular formula is C37H65NO13. The van der Waals surface area contributed by atoms with Gasteiger partial charge in [0, 0.05) is 37.3 Å². The summed E-state index contributed by atoms with van der Waals surface area (Å²) in [5, 5.41) is 57.5. The van der Waals surface area contributed by atoms with Gasteiger partial charge in [0.25, 0.3) is 0 Å². The molecule has 0 amide bonds. The third-order valence-electron chi connectivity index (χ3n) is 11.6. The molecule has 0 saturated carbocycles. The first kappa shape index (κ1) is 43.8. The minimum Gasteiger partial charge on any atom is -0.455 e. The number of ketones is 1. The van der Waals surface area contributed by atoms with Crippen molar-refractivity contribution in [3.05, 3.63) is 12.7 Å². The minimum atomic E-state index is -2.11. The lowest BCUT2D eigenvalue weighted by Gasteiger charge is -2.49. The Morgan fingerprint density at radius 2 is 1.51 bits per heavy atom. The standard InChI is InChI=1S/C37H65NO13/c1-14-25-37(10,45)30(41)20(4)27(39)18(2)16-35(8,44)32(51-34-28(40)24(38(11)12)15-19(3)47-34)21(5)29(22(6)33(43)49-25)50-26-17-36(9,46-13)31(42)23(7)48-26/h14,18-26,28-32,34,40-42,44-45H,1,15-17H2,2-13H3/t18-,19-,20+,21+,22-,23+,24+,25-,26+,28-,29?,30-,31+,32-,34+,35-,36-,37-/m1/s1. The number of rotatable bonds is 7. The van der Waals surface area contributed by atoms with Crippen molar-refractivity contribution in [3.8, 4) is 0 Å². The Morgan fingerprint density at radius 1 is 0.902 bits per heavy atom. The van der Waals surface area contributed by atoms with Crippen molar-refractivity contribution in [1.29, 1.82) is 0 Å². The fraction of sp³-hybridized carbons (Fsp3) is 0.892. The van der Waals surface area contributed by atoms with Gasteiger partial charge in [-0.2, -0.15) is 0 Å². The number of hydrogen-bond acceptors (Lipinski definition) is 14. The number of nitrogens with zero attached hydrogens (tertiary/aromatic N) is 1. The summed E-state index contributed by atoms with van der Waals surface area (Å²) in [6, 6.07) is -0.333. The second kappa shape index (κ2) is 16.8. The summed E-state index contributed by atoms with van der Waals surface area (Å²) in [5.74, 6) is -5.23. The maximum absolute atomic E-state index is 14.0. The van der Waals surface area contributed by atoms with Gasteiger partial charge in [0.15, 0.2) is 18.7 Å². The van der Waals surface area contributed by atoms with Crippen LogP contribution in [0.3, 0.4) is 0 Å². The zero-order valence-electron chi connectivity index (χ0n) is 32.5. The third-order valence-corrected chi connectivity index (χ3v) is 11.6. The van der Waals surface area contributed by atoms with Crippen LogP contribution >= 0.6 is 0 Å². The predicted octanol–water partition coefficient (Wildman–Crippen LogP) is 1.56. The van der Waals surface area contributed by atoms with Gasteiger partial charge < -0.3 is 58.9 Å². The van der Waals surface area contributed by atoms with Crippen LogP contribution in [-0.2, 0) is 38.0 Å². The zero-order chi connectivity index (χ0) is 39.0. The molecule has 3 saturated heterocycles. The number of methoxy groups -OCH3 is 1. The van der Waals surface area contributed by atoms with E-state index in [-0.39, 0.29) is 25.0 Å². The van der Waals surface area contributed by atoms with E-state index < -0.39 is 108 Å². The number of aliphatic hydroxyl groups excluding tert-OH is 3. The molecular weight excluding hydrogens is 666 g/mol. The van der Waals surface area contributed by atoms with Crippen LogP contribution in [0.2, 0.25) is 0 Å². The van der Waals surface area contributed by atoms with Gasteiger partial charge in [0.05, 0.1) is 47.6 Å². The molecule has 0 radical (unpaired) electrons. The van der Waals surface area contributed by atoms with Gasteiger partial charge in [-0.1, -0.05) is 27.4 Å². The molecule has 5 N–H and O–H groups in total. The topological polar surface area (TPSA) is 194 Å². The van der Waals surface area contributed by atoms with E-state index in [1.165, 1.54) is 34.0 Å². The first-order valence-corrected chi connectivity index (χ1v) is 18.1. The van der Waals surface area contributed by atoms with E-state index in [0.717, 1.165) is 0 Å². The van der Waals surface area contributed by atoms with Crippen molar-refractivity contribution in [2.45, 2.75) is 166 Å². The van der Waals surface area contributed by atoms with Gasteiger partial charge in [-0.05, 0) is 74.6 Å². The molecule has 3 heterocycles. The smallest absolute Gasteiger partial charge is 0.312 e. The summed E-state index contributed by atoms with van der Waals surface area (Å²) in [7, 11) is 5.15. The Labute approximate surface area is 303 Å². The molecule has 0 bridgehead atoms. The zero-order valence-corrected chi connectivity index (χ0v) is 32.5. The van der Waals surface area contributed by atoms with Crippen molar-refractivity contribution in [2.75, 3.05) is 21.2 Å². The molecule has 3 rings (SSSR count). The fourth-order valence-corrected chi connectivity index (χ4v) is 8.16. The molecule has 14 heteroatoms. The number of ether oxygens (including phenoxy) is 6. The van der Waals surface area contributed by atoms with Crippen molar-refractivity contribution in [2.24, 2.45) is 23.7 Å². The summed E-state index contributed by atoms with van der Waals surface area (Å²) in [6.45, 7) is 18.1. The summed E-state index contributed by atoms with van der Waals surface area (Å²) >= 11 is 0. The number of esters is 1. The molecule has 296 valence electrons. The van der Waals surface area contributed by atoms with Gasteiger partial charge >= 0.3 is 5.97 Å². The summed E-state index contributed by atoms with van der Waals surface area (Å²) in [5.41, 5.74) is -4.99. The molecule has 18 atom stereocenters. The van der Waals surface area contributed by atoms with E-state index in [2.05, 4.69) is 6.58 Å². The van der Waals surface area contributed by atoms with Crippen LogP contribution in [0.25, 0.3) is 0 Å². The minimum absolute atomic E-state index is 0.0774. The fourth-order valence-electron chi connectivity index (χ4n) is 8.16. The molecule has 3 fully saturated rings. The quantitative estimate of drug-likeness (QED) is 0.187. The van der Waals surface area contributed by atoms with E-state index in [9.17, 15) is 35.1 Å². The van der Waals surface area contributed by atoms with Crippen LogP contribution in [0.1, 0.15) is 81.6 Å². The number of hydrogen-bond donors (Lipinski definition) is 5. The normalized spacial score (nSPS) is 49.6. The molecule has 0 spiro atoms. The largest absolute Gasteiger partial charge is 0.455 e. The average Bonchev–Trinajstić information content (AvgIpc) is 3.05. The van der Waals surface area contributed by atoms with E-state index in [4.69, 9.17) is 28.4 Å². The Kier molecular flexibility index (Phi) is 14.5. The maximum Gasteiger partial charge on any atom is 0.312 e. The van der Waals surface area contributed by atoms with Crippen molar-refractivity contribution in [3.63, 3.8) is 0 Å². The van der Waals surface area contributed by atoms with Gasteiger partial charge in [-0.25, -0.2) is 0 Å². The first-order chi connectivity index (χ1) is 23.4. The molecule has 3 aliphatic rings. The third kappa shape index (κ3) is 9.40. The molecule has 0 aromatic carbocycles. The highest BCUT2D eigenvalue weighted by atomic mass is 16.7. The second-order valence-electron chi connectivity index (χ2n) is 16.2. The van der Waals surface area contributed by atoms with Crippen molar-refractivity contribution in [1.82, 2.24) is 4.90 Å². The maximum atomic E-state index is 14.0. The van der Waals surface area contributed by atoms with E-state index >= 15 is 0 Å². The summed E-state index contributed by atoms with van der Waals surface area (Å²) in [4.78, 5) is 29.7. The van der Waals surface area contributed by atoms with E-state index in [0.29, 0.717) is 6.42 Å². The monoisotopic (exact) mass is 731 g/mol. The van der Waals surface area contributed by atoms with Crippen molar-refractivity contribution >= 4 is 11.8 Å². The van der Waals surface area contributed by atoms with E-state index in [1.54, 1.807) is 34.6 Å². The number of aliphatic hydroxyl groups is 5. The SMILES string of the molecule is C=C[C@H]1OC(=O)[C@H](C)C(O[C@H]2C[C@@](C)(OC)[C@@H](O)[C@H](C)O2)[C@H](C)[C@@H](O[C@@H]2O[C@H](C)C[C@H](N(C)C)[C@H]2O)[C@](C)(O)C[C@@H](C)C(=O)[C@H](C)[C@@H](O)[C@]1(C)O. The Bertz CT molecular complexity index is 1200. The molecule has 0 aromatic rings. The van der Waals surface area contributed by atoms with Crippen LogP contribution in [0, 0.1) is 23.7 Å². The number of likely N-dealkylation sites (N-methyl/N-ethyl adjacent to an activating group) is 1. The van der Waals surface area contributed by atoms with E-state index in [1.807, 2.05) is 25.9 Å². The van der Waals surface area contributed by atoms with Crippen LogP contribution in [0.4, 0.5) is 0 Å². The summed E-state index contributed by atoms with van der Waals surface area (Å²) in [6.07, 6.45) is -9.13. The van der Waals surface area contributed by atoms with Crippen LogP contribution < -0.4 is 0 Å². The molecule has 14 nitrogen and oxygen atoms in total. The molecule has 3 aliphatic heterocycles. The van der Waals surface area contributed by atoms with Crippen LogP contribution in [0.15, 0.2) is 12.7 Å². The molecule has 0 aromatic heterocycles. The average molecular weight is 732 g/mol. The Morgan fingerprint density at radius 3 is 2.06 bits per heavy atom. The van der Waals surface area contributed by atoms with Crippen LogP contribution in [0.5, 0.6) is 0 Å². The highest BCUT2D eigenvalue weighted by Gasteiger charge is 2.53. The van der Waals surface area contributed by atoms with Crippen molar-refractivity contribution < 1.29 is 63.5 Å². The van der Waals surface area contributed by atoms with Gasteiger partial charge in [-0.3, -0.25) is 9.59 Å². The highest BCUT2D eigenvalue weighted by Crippen LogP contribution is 2.40. The number of cyclic esters (lactones) is 1. The lowest BCUT2D eigenvalue weighted by molar-refractivity contribution is -0.318. The second-order valence-corrected chi connectivity index (χ2v) is 16.2. The number of carbonyl (C=O) groups is 2. The number of Topliss-reactive ketones (excluding diaryl/α,β-unsaturated/α-hetero) is 1.